The van der Waals surface area contributed by atoms with Crippen LogP contribution in [0, 0.1) is 0 Å². The molecule has 1 saturated carbocycles. The van der Waals surface area contributed by atoms with E-state index in [0.29, 0.717) is 12.5 Å². The molecule has 2 amide bonds. The highest BCUT2D eigenvalue weighted by atomic mass is 16.2. The van der Waals surface area contributed by atoms with Crippen molar-refractivity contribution in [1.82, 2.24) is 16.0 Å². The van der Waals surface area contributed by atoms with Crippen LogP contribution in [0.25, 0.3) is 0 Å². The van der Waals surface area contributed by atoms with E-state index in [2.05, 4.69) is 16.0 Å². The third-order valence-electron chi connectivity index (χ3n) is 2.53. The van der Waals surface area contributed by atoms with Gasteiger partial charge < -0.3 is 16.0 Å². The van der Waals surface area contributed by atoms with E-state index >= 15 is 0 Å². The number of nitrogens with one attached hydrogen (secondary N) is 3. The van der Waals surface area contributed by atoms with E-state index in [9.17, 15) is 9.59 Å². The molecule has 16 heavy (non-hydrogen) atoms. The Balaban J connectivity index is 2.13. The van der Waals surface area contributed by atoms with Crippen molar-refractivity contribution in [1.29, 1.82) is 0 Å². The Kier molecular flexibility index (Phi) is 5.25. The number of hydrogen-bond donors (Lipinski definition) is 3. The second kappa shape index (κ2) is 6.48. The molecule has 1 atom stereocenters. The van der Waals surface area contributed by atoms with Gasteiger partial charge in [-0.3, -0.25) is 9.59 Å². The summed E-state index contributed by atoms with van der Waals surface area (Å²) >= 11 is 0. The molecule has 92 valence electrons. The third-order valence-corrected chi connectivity index (χ3v) is 2.53. The van der Waals surface area contributed by atoms with Crippen LogP contribution >= 0.6 is 0 Å². The van der Waals surface area contributed by atoms with Crippen molar-refractivity contribution in [3.63, 3.8) is 0 Å². The molecule has 0 aliphatic heterocycles. The molecule has 1 aliphatic carbocycles. The fourth-order valence-electron chi connectivity index (χ4n) is 1.36. The molecule has 0 saturated heterocycles. The minimum atomic E-state index is -0.428. The highest BCUT2D eigenvalue weighted by molar-refractivity contribution is 5.87. The fraction of sp³-hybridized carbons (Fsp3) is 0.818. The zero-order valence-corrected chi connectivity index (χ0v) is 10.0. The summed E-state index contributed by atoms with van der Waals surface area (Å²) in [5.74, 6) is -0.141. The highest BCUT2D eigenvalue weighted by Gasteiger charge is 2.25. The number of rotatable bonds is 7. The lowest BCUT2D eigenvalue weighted by atomic mass is 10.2. The first-order valence-electron chi connectivity index (χ1n) is 5.88. The summed E-state index contributed by atoms with van der Waals surface area (Å²) in [5, 5.41) is 8.53. The normalized spacial score (nSPS) is 16.6. The van der Waals surface area contributed by atoms with E-state index in [0.717, 1.165) is 25.8 Å². The molecule has 0 radical (unpaired) electrons. The summed E-state index contributed by atoms with van der Waals surface area (Å²) in [6.45, 7) is 2.53. The van der Waals surface area contributed by atoms with Crippen LogP contribution in [0.1, 0.15) is 32.6 Å². The maximum atomic E-state index is 11.5. The molecule has 0 bridgehead atoms. The van der Waals surface area contributed by atoms with Crippen molar-refractivity contribution in [2.24, 2.45) is 0 Å². The Bertz CT molecular complexity index is 252. The van der Waals surface area contributed by atoms with E-state index < -0.39 is 6.04 Å². The van der Waals surface area contributed by atoms with Crippen molar-refractivity contribution in [3.8, 4) is 0 Å². The van der Waals surface area contributed by atoms with Gasteiger partial charge >= 0.3 is 0 Å². The molecular formula is C11H21N3O2. The zero-order valence-electron chi connectivity index (χ0n) is 10.0. The summed E-state index contributed by atoms with van der Waals surface area (Å²) in [4.78, 5) is 22.9. The molecular weight excluding hydrogens is 206 g/mol. The van der Waals surface area contributed by atoms with Crippen LogP contribution in [0.5, 0.6) is 0 Å². The van der Waals surface area contributed by atoms with Gasteiger partial charge in [-0.2, -0.15) is 0 Å². The van der Waals surface area contributed by atoms with Gasteiger partial charge in [0.1, 0.15) is 6.04 Å². The monoisotopic (exact) mass is 227 g/mol. The van der Waals surface area contributed by atoms with Crippen molar-refractivity contribution in [2.45, 2.75) is 44.7 Å². The average molecular weight is 227 g/mol. The minimum absolute atomic E-state index is 0.0614. The first-order valence-corrected chi connectivity index (χ1v) is 5.88. The van der Waals surface area contributed by atoms with Crippen molar-refractivity contribution in [2.75, 3.05) is 13.6 Å². The van der Waals surface area contributed by atoms with Gasteiger partial charge in [0.15, 0.2) is 0 Å². The van der Waals surface area contributed by atoms with Gasteiger partial charge in [0.05, 0.1) is 0 Å². The van der Waals surface area contributed by atoms with E-state index in [4.69, 9.17) is 0 Å². The van der Waals surface area contributed by atoms with Crippen molar-refractivity contribution in [3.05, 3.63) is 0 Å². The number of carbonyl (C=O) groups is 2. The maximum absolute atomic E-state index is 11.5. The van der Waals surface area contributed by atoms with Crippen LogP contribution in [0.2, 0.25) is 0 Å². The van der Waals surface area contributed by atoms with Crippen LogP contribution in [-0.4, -0.2) is 37.5 Å². The van der Waals surface area contributed by atoms with E-state index in [1.807, 2.05) is 7.05 Å². The second-order valence-electron chi connectivity index (χ2n) is 4.28. The Morgan fingerprint density at radius 1 is 1.38 bits per heavy atom. The van der Waals surface area contributed by atoms with Gasteiger partial charge in [0, 0.05) is 12.5 Å². The molecule has 0 aromatic heterocycles. The lowest BCUT2D eigenvalue weighted by Crippen LogP contribution is -2.45. The fourth-order valence-corrected chi connectivity index (χ4v) is 1.36. The Labute approximate surface area is 96.4 Å². The maximum Gasteiger partial charge on any atom is 0.242 e. The van der Waals surface area contributed by atoms with Gasteiger partial charge in [-0.1, -0.05) is 0 Å². The first kappa shape index (κ1) is 13.0. The van der Waals surface area contributed by atoms with Crippen molar-refractivity contribution >= 4 is 11.8 Å². The van der Waals surface area contributed by atoms with Gasteiger partial charge in [0.2, 0.25) is 11.8 Å². The Morgan fingerprint density at radius 2 is 2.06 bits per heavy atom. The van der Waals surface area contributed by atoms with Crippen LogP contribution in [0.3, 0.4) is 0 Å². The average Bonchev–Trinajstić information content (AvgIpc) is 3.02. The summed E-state index contributed by atoms with van der Waals surface area (Å²) in [5.41, 5.74) is 0. The third kappa shape index (κ3) is 5.11. The zero-order chi connectivity index (χ0) is 12.0. The molecule has 0 aromatic carbocycles. The Hall–Kier alpha value is -1.10. The van der Waals surface area contributed by atoms with E-state index in [1.165, 1.54) is 0 Å². The molecule has 1 fully saturated rings. The van der Waals surface area contributed by atoms with Crippen molar-refractivity contribution < 1.29 is 9.59 Å². The molecule has 1 unspecified atom stereocenters. The van der Waals surface area contributed by atoms with Gasteiger partial charge in [-0.05, 0) is 39.8 Å². The smallest absolute Gasteiger partial charge is 0.242 e. The lowest BCUT2D eigenvalue weighted by Gasteiger charge is -2.13. The van der Waals surface area contributed by atoms with E-state index in [-0.39, 0.29) is 11.8 Å². The summed E-state index contributed by atoms with van der Waals surface area (Å²) in [6, 6.07) is -0.0844. The van der Waals surface area contributed by atoms with Crippen LogP contribution in [-0.2, 0) is 9.59 Å². The molecule has 0 spiro atoms. The number of carbonyl (C=O) groups excluding carboxylic acids is 2. The summed E-state index contributed by atoms with van der Waals surface area (Å²) < 4.78 is 0. The predicted octanol–water partition coefficient (Wildman–Crippen LogP) is -0.231. The molecule has 0 heterocycles. The molecule has 1 aliphatic rings. The lowest BCUT2D eigenvalue weighted by molar-refractivity contribution is -0.128. The molecule has 5 heteroatoms. The highest BCUT2D eigenvalue weighted by Crippen LogP contribution is 2.18. The van der Waals surface area contributed by atoms with Crippen LogP contribution in [0.4, 0.5) is 0 Å². The molecule has 0 aromatic rings. The largest absolute Gasteiger partial charge is 0.352 e. The standard InChI is InChI=1S/C11H21N3O2/c1-8(11(16)14-9-5-6-9)13-10(15)4-3-7-12-2/h8-9,12H,3-7H2,1-2H3,(H,13,15)(H,14,16). The van der Waals surface area contributed by atoms with Crippen LogP contribution in [0.15, 0.2) is 0 Å². The summed E-state index contributed by atoms with van der Waals surface area (Å²) in [7, 11) is 1.85. The SMILES string of the molecule is CNCCCC(=O)NC(C)C(=O)NC1CC1. The van der Waals surface area contributed by atoms with Crippen LogP contribution < -0.4 is 16.0 Å². The van der Waals surface area contributed by atoms with Gasteiger partial charge in [-0.25, -0.2) is 0 Å². The van der Waals surface area contributed by atoms with E-state index in [1.54, 1.807) is 6.92 Å². The quantitative estimate of drug-likeness (QED) is 0.526. The molecule has 3 N–H and O–H groups in total. The number of hydrogen-bond acceptors (Lipinski definition) is 3. The van der Waals surface area contributed by atoms with Gasteiger partial charge in [-0.15, -0.1) is 0 Å². The first-order chi connectivity index (χ1) is 7.63. The summed E-state index contributed by atoms with van der Waals surface area (Å²) in [6.07, 6.45) is 3.38. The second-order valence-corrected chi connectivity index (χ2v) is 4.28. The predicted molar refractivity (Wildman–Crippen MR) is 61.9 cm³/mol. The molecule has 5 nitrogen and oxygen atoms in total. The topological polar surface area (TPSA) is 70.2 Å². The number of amides is 2. The minimum Gasteiger partial charge on any atom is -0.352 e. The molecule has 1 rings (SSSR count). The Morgan fingerprint density at radius 3 is 2.62 bits per heavy atom. The van der Waals surface area contributed by atoms with Gasteiger partial charge in [0.25, 0.3) is 0 Å².